The Morgan fingerprint density at radius 2 is 1.86 bits per heavy atom. The summed E-state index contributed by atoms with van der Waals surface area (Å²) in [4.78, 5) is 13.4. The highest BCUT2D eigenvalue weighted by atomic mass is 79.9. The Morgan fingerprint density at radius 3 is 2.38 bits per heavy atom. The number of rotatable bonds is 4. The fraction of sp³-hybridized carbons (Fsp3) is 0.375. The molecule has 0 radical (unpaired) electrons. The van der Waals surface area contributed by atoms with Gasteiger partial charge in [-0.05, 0) is 13.8 Å². The van der Waals surface area contributed by atoms with Gasteiger partial charge < -0.3 is 22.1 Å². The number of aliphatic hydroxyl groups excluding tert-OH is 1. The third-order valence-electron chi connectivity index (χ3n) is 3.19. The molecule has 0 fully saturated rings. The van der Waals surface area contributed by atoms with E-state index in [1.165, 1.54) is 0 Å². The highest BCUT2D eigenvalue weighted by molar-refractivity contribution is 7.11. The van der Waals surface area contributed by atoms with Crippen molar-refractivity contribution in [3.8, 4) is 0 Å². The molecule has 0 aliphatic rings. The van der Waals surface area contributed by atoms with E-state index in [0.29, 0.717) is 5.56 Å². The van der Waals surface area contributed by atoms with Crippen LogP contribution >= 0.6 is 11.3 Å². The zero-order valence-corrected chi connectivity index (χ0v) is 14.2. The zero-order chi connectivity index (χ0) is 14.0. The second-order valence-electron chi connectivity index (χ2n) is 4.63. The normalized spacial score (nSPS) is 11.2. The standard InChI is InChI=1S/C15H18NO2S.CH4.BrH/c1-10-12(3)19-15(11(2)17)16(10)9-14(18)13-7-5-4-6-8-13;;/h4-8,11,17H,9H2,1-3H3;1H4;1H/q+1;;/p-1. The lowest BCUT2D eigenvalue weighted by molar-refractivity contribution is -0.694. The maximum atomic E-state index is 12.3. The molecule has 0 amide bonds. The summed E-state index contributed by atoms with van der Waals surface area (Å²) in [6, 6.07) is 9.25. The third kappa shape index (κ3) is 4.46. The van der Waals surface area contributed by atoms with Crippen molar-refractivity contribution < 1.29 is 31.4 Å². The van der Waals surface area contributed by atoms with E-state index >= 15 is 0 Å². The monoisotopic (exact) mass is 371 g/mol. The number of Topliss-reactive ketones (excluding diaryl/α,β-unsaturated/α-hetero) is 1. The molecule has 116 valence electrons. The topological polar surface area (TPSA) is 41.2 Å². The molecule has 1 unspecified atom stereocenters. The largest absolute Gasteiger partial charge is 1.00 e. The van der Waals surface area contributed by atoms with Crippen molar-refractivity contribution in [3.05, 3.63) is 51.5 Å². The number of thiazole rings is 1. The number of carbonyl (C=O) groups is 1. The van der Waals surface area contributed by atoms with Crippen LogP contribution < -0.4 is 21.5 Å². The van der Waals surface area contributed by atoms with Gasteiger partial charge in [0.2, 0.25) is 12.3 Å². The highest BCUT2D eigenvalue weighted by Crippen LogP contribution is 2.21. The number of hydrogen-bond donors (Lipinski definition) is 1. The number of aliphatic hydroxyl groups is 1. The minimum atomic E-state index is -0.555. The fourth-order valence-electron chi connectivity index (χ4n) is 2.01. The molecule has 0 bridgehead atoms. The summed E-state index contributed by atoms with van der Waals surface area (Å²) in [5.41, 5.74) is 1.75. The van der Waals surface area contributed by atoms with Crippen molar-refractivity contribution in [1.29, 1.82) is 0 Å². The average Bonchev–Trinajstić information content (AvgIpc) is 2.68. The van der Waals surface area contributed by atoms with Crippen LogP contribution in [0.15, 0.2) is 30.3 Å². The second kappa shape index (κ2) is 8.41. The van der Waals surface area contributed by atoms with Gasteiger partial charge in [-0.25, -0.2) is 0 Å². The van der Waals surface area contributed by atoms with E-state index in [4.69, 9.17) is 0 Å². The lowest BCUT2D eigenvalue weighted by Crippen LogP contribution is -3.00. The first kappa shape index (κ1) is 20.0. The van der Waals surface area contributed by atoms with Crippen molar-refractivity contribution in [3.63, 3.8) is 0 Å². The molecule has 2 aromatic rings. The molecule has 1 heterocycles. The van der Waals surface area contributed by atoms with Crippen LogP contribution in [0, 0.1) is 13.8 Å². The first-order valence-electron chi connectivity index (χ1n) is 6.26. The maximum absolute atomic E-state index is 12.3. The predicted octanol–water partition coefficient (Wildman–Crippen LogP) is 0.229. The molecule has 0 saturated carbocycles. The summed E-state index contributed by atoms with van der Waals surface area (Å²) < 4.78 is 1.92. The van der Waals surface area contributed by atoms with Crippen molar-refractivity contribution in [1.82, 2.24) is 0 Å². The summed E-state index contributed by atoms with van der Waals surface area (Å²) in [7, 11) is 0. The molecule has 2 rings (SSSR count). The predicted molar refractivity (Wildman–Crippen MR) is 82.1 cm³/mol. The smallest absolute Gasteiger partial charge is 0.266 e. The first-order valence-corrected chi connectivity index (χ1v) is 7.08. The van der Waals surface area contributed by atoms with Crippen molar-refractivity contribution in [2.24, 2.45) is 0 Å². The summed E-state index contributed by atoms with van der Waals surface area (Å²) >= 11 is 1.55. The number of ketones is 1. The van der Waals surface area contributed by atoms with Crippen LogP contribution in [0.1, 0.15) is 46.4 Å². The van der Waals surface area contributed by atoms with Gasteiger partial charge in [-0.1, -0.05) is 49.1 Å². The minimum absolute atomic E-state index is 0. The number of halogens is 1. The van der Waals surface area contributed by atoms with Crippen LogP contribution in [0.25, 0.3) is 0 Å². The van der Waals surface area contributed by atoms with E-state index in [2.05, 4.69) is 0 Å². The number of aryl methyl sites for hydroxylation is 1. The van der Waals surface area contributed by atoms with E-state index in [1.54, 1.807) is 18.3 Å². The van der Waals surface area contributed by atoms with Gasteiger partial charge in [-0.15, -0.1) is 0 Å². The zero-order valence-electron chi connectivity index (χ0n) is 11.8. The van der Waals surface area contributed by atoms with Crippen molar-refractivity contribution in [2.75, 3.05) is 0 Å². The molecule has 0 aliphatic carbocycles. The number of aromatic nitrogens is 1. The molecule has 21 heavy (non-hydrogen) atoms. The van der Waals surface area contributed by atoms with Gasteiger partial charge in [0, 0.05) is 12.5 Å². The van der Waals surface area contributed by atoms with Crippen molar-refractivity contribution in [2.45, 2.75) is 40.8 Å². The van der Waals surface area contributed by atoms with Crippen LogP contribution in [0.3, 0.4) is 0 Å². The molecule has 0 spiro atoms. The Labute approximate surface area is 141 Å². The maximum Gasteiger partial charge on any atom is 0.266 e. The Balaban J connectivity index is 0.00000200. The summed E-state index contributed by atoms with van der Waals surface area (Å²) in [5.74, 6) is 0.0633. The fourth-order valence-corrected chi connectivity index (χ4v) is 3.06. The van der Waals surface area contributed by atoms with Crippen molar-refractivity contribution >= 4 is 17.1 Å². The molecule has 1 atom stereocenters. The number of hydrogen-bond acceptors (Lipinski definition) is 3. The molecule has 0 aliphatic heterocycles. The molecule has 1 aromatic heterocycles. The lowest BCUT2D eigenvalue weighted by Gasteiger charge is -2.02. The Morgan fingerprint density at radius 1 is 1.29 bits per heavy atom. The summed E-state index contributed by atoms with van der Waals surface area (Å²) in [6.45, 7) is 6.00. The number of benzene rings is 1. The second-order valence-corrected chi connectivity index (χ2v) is 5.87. The quantitative estimate of drug-likeness (QED) is 0.617. The Kier molecular flexibility index (Phi) is 8.00. The molecular formula is C16H22BrNO2S. The molecule has 5 heteroatoms. The molecule has 1 N–H and O–H groups in total. The van der Waals surface area contributed by atoms with Crippen LogP contribution in [0.2, 0.25) is 0 Å². The lowest BCUT2D eigenvalue weighted by atomic mass is 10.1. The van der Waals surface area contributed by atoms with Crippen LogP contribution in [0.5, 0.6) is 0 Å². The minimum Gasteiger partial charge on any atom is -1.00 e. The summed E-state index contributed by atoms with van der Waals surface area (Å²) in [6.07, 6.45) is -0.555. The molecular weight excluding hydrogens is 350 g/mol. The van der Waals surface area contributed by atoms with Crippen LogP contribution in [-0.2, 0) is 6.54 Å². The molecule has 3 nitrogen and oxygen atoms in total. The van der Waals surface area contributed by atoms with Crippen LogP contribution in [-0.4, -0.2) is 10.9 Å². The molecule has 1 aromatic carbocycles. The van der Waals surface area contributed by atoms with Gasteiger partial charge in [-0.3, -0.25) is 4.79 Å². The van der Waals surface area contributed by atoms with Gasteiger partial charge in [0.25, 0.3) is 5.01 Å². The number of carbonyl (C=O) groups excluding carboxylic acids is 1. The van der Waals surface area contributed by atoms with E-state index < -0.39 is 6.10 Å². The Hall–Kier alpha value is -1.04. The van der Waals surface area contributed by atoms with Gasteiger partial charge >= 0.3 is 0 Å². The van der Waals surface area contributed by atoms with E-state index in [0.717, 1.165) is 15.6 Å². The van der Waals surface area contributed by atoms with Gasteiger partial charge in [0.1, 0.15) is 6.10 Å². The third-order valence-corrected chi connectivity index (χ3v) is 4.57. The highest BCUT2D eigenvalue weighted by Gasteiger charge is 2.26. The van der Waals surface area contributed by atoms with Gasteiger partial charge in [-0.2, -0.15) is 4.57 Å². The average molecular weight is 372 g/mol. The SMILES string of the molecule is C.Cc1sc(C(C)O)[n+](CC(=O)c2ccccc2)c1C.[Br-]. The van der Waals surface area contributed by atoms with E-state index in [-0.39, 0.29) is 36.7 Å². The Bertz CT molecular complexity index is 594. The van der Waals surface area contributed by atoms with Crippen LogP contribution in [0.4, 0.5) is 0 Å². The summed E-state index contributed by atoms with van der Waals surface area (Å²) in [5, 5.41) is 10.6. The molecule has 0 saturated heterocycles. The van der Waals surface area contributed by atoms with Gasteiger partial charge in [0.05, 0.1) is 4.88 Å². The van der Waals surface area contributed by atoms with E-state index in [1.807, 2.05) is 48.7 Å². The number of nitrogens with zero attached hydrogens (tertiary/aromatic N) is 1. The van der Waals surface area contributed by atoms with Gasteiger partial charge in [0.15, 0.2) is 5.69 Å². The van der Waals surface area contributed by atoms with E-state index in [9.17, 15) is 9.90 Å². The first-order chi connectivity index (χ1) is 9.00.